The number of fused-ring (bicyclic) bond motifs is 1. The summed E-state index contributed by atoms with van der Waals surface area (Å²) in [4.78, 5) is 24.4. The second-order valence-electron chi connectivity index (χ2n) is 9.04. The predicted molar refractivity (Wildman–Crippen MR) is 134 cm³/mol. The number of benzene rings is 1. The smallest absolute Gasteiger partial charge is 0.271 e. The van der Waals surface area contributed by atoms with E-state index < -0.39 is 10.5 Å². The van der Waals surface area contributed by atoms with Gasteiger partial charge in [0.15, 0.2) is 5.82 Å². The van der Waals surface area contributed by atoms with Gasteiger partial charge in [-0.25, -0.2) is 14.4 Å². The molecule has 2 N–H and O–H groups in total. The topological polar surface area (TPSA) is 106 Å². The highest BCUT2D eigenvalue weighted by atomic mass is 35.5. The van der Waals surface area contributed by atoms with Crippen molar-refractivity contribution in [2.24, 2.45) is 12.8 Å². The maximum atomic E-state index is 14.4. The van der Waals surface area contributed by atoms with Crippen LogP contribution >= 0.6 is 11.6 Å². The number of hydrogen-bond donors (Lipinski definition) is 1. The Hall–Kier alpha value is -3.34. The fourth-order valence-electron chi connectivity index (χ4n) is 4.27. The molecule has 9 nitrogen and oxygen atoms in total. The molecule has 0 amide bonds. The van der Waals surface area contributed by atoms with Crippen molar-refractivity contribution in [3.05, 3.63) is 80.9 Å². The van der Waals surface area contributed by atoms with Crippen LogP contribution < -0.4 is 5.73 Å². The van der Waals surface area contributed by atoms with Gasteiger partial charge in [0.2, 0.25) is 0 Å². The first-order chi connectivity index (χ1) is 16.5. The zero-order chi connectivity index (χ0) is 25.5. The Morgan fingerprint density at radius 2 is 2.06 bits per heavy atom. The van der Waals surface area contributed by atoms with Crippen LogP contribution in [0.15, 0.2) is 54.1 Å². The number of likely N-dealkylation sites (N-methyl/N-ethyl adjacent to an activating group) is 2. The molecule has 1 aromatic carbocycles. The largest absolute Gasteiger partial charge is 0.368 e. The molecular formula is C24H27ClFN7O2. The number of halogens is 2. The van der Waals surface area contributed by atoms with E-state index in [-0.39, 0.29) is 28.8 Å². The van der Waals surface area contributed by atoms with Crippen LogP contribution in [0.3, 0.4) is 0 Å². The third kappa shape index (κ3) is 4.64. The Morgan fingerprint density at radius 1 is 1.31 bits per heavy atom. The molecule has 0 radical (unpaired) electrons. The van der Waals surface area contributed by atoms with Gasteiger partial charge in [-0.15, -0.1) is 0 Å². The third-order valence-corrected chi connectivity index (χ3v) is 6.45. The second-order valence-corrected chi connectivity index (χ2v) is 9.45. The van der Waals surface area contributed by atoms with E-state index in [0.717, 1.165) is 6.54 Å². The average Bonchev–Trinajstić information content (AvgIpc) is 3.15. The van der Waals surface area contributed by atoms with Crippen LogP contribution in [-0.4, -0.2) is 63.5 Å². The normalized spacial score (nSPS) is 18.1. The lowest BCUT2D eigenvalue weighted by molar-refractivity contribution is -0.431. The number of para-hydroxylation sites is 1. The number of nitro groups is 1. The molecule has 0 bridgehead atoms. The summed E-state index contributed by atoms with van der Waals surface area (Å²) in [5.41, 5.74) is 7.24. The highest BCUT2D eigenvalue weighted by Crippen LogP contribution is 2.37. The van der Waals surface area contributed by atoms with E-state index in [1.807, 2.05) is 30.9 Å². The molecule has 0 spiro atoms. The van der Waals surface area contributed by atoms with Crippen LogP contribution in [0.25, 0.3) is 22.2 Å². The quantitative estimate of drug-likeness (QED) is 0.391. The first kappa shape index (κ1) is 24.8. The number of aryl methyl sites for hydroxylation is 1. The molecule has 11 heteroatoms. The maximum Gasteiger partial charge on any atom is 0.271 e. The minimum atomic E-state index is -1.32. The van der Waals surface area contributed by atoms with E-state index in [1.165, 1.54) is 12.3 Å². The summed E-state index contributed by atoms with van der Waals surface area (Å²) in [5.74, 6) is -0.172. The van der Waals surface area contributed by atoms with Gasteiger partial charge in [-0.05, 0) is 26.2 Å². The van der Waals surface area contributed by atoms with Crippen LogP contribution in [-0.2, 0) is 12.6 Å². The molecule has 1 atom stereocenters. The Labute approximate surface area is 207 Å². The van der Waals surface area contributed by atoms with E-state index in [1.54, 1.807) is 42.1 Å². The van der Waals surface area contributed by atoms with Crippen LogP contribution in [0.4, 0.5) is 4.39 Å². The van der Waals surface area contributed by atoms with Crippen molar-refractivity contribution in [2.75, 3.05) is 34.2 Å². The number of nitrogens with zero attached hydrogens (tertiary/aromatic N) is 6. The molecule has 0 fully saturated rings. The molecule has 4 rings (SSSR count). The van der Waals surface area contributed by atoms with Gasteiger partial charge < -0.3 is 20.1 Å². The monoisotopic (exact) mass is 499 g/mol. The highest BCUT2D eigenvalue weighted by molar-refractivity contribution is 6.33. The predicted octanol–water partition coefficient (Wildman–Crippen LogP) is 3.52. The minimum absolute atomic E-state index is 0.0106. The summed E-state index contributed by atoms with van der Waals surface area (Å²) in [6.45, 7) is 1.35. The molecule has 0 aliphatic heterocycles. The van der Waals surface area contributed by atoms with Gasteiger partial charge in [-0.1, -0.05) is 29.8 Å². The van der Waals surface area contributed by atoms with Crippen molar-refractivity contribution in [3.63, 3.8) is 0 Å². The SMILES string of the molecule is CN(C)CCN(C)C1=C([N+](=O)[O-])CC(N)(c2ncc(Cl)c(-c3cn(C)c4c(F)cccc34)n2)C=C1. The molecule has 1 aliphatic carbocycles. The van der Waals surface area contributed by atoms with Crippen molar-refractivity contribution in [1.82, 2.24) is 24.3 Å². The molecule has 2 heterocycles. The van der Waals surface area contributed by atoms with Crippen molar-refractivity contribution in [3.8, 4) is 11.3 Å². The lowest BCUT2D eigenvalue weighted by Crippen LogP contribution is -2.41. The summed E-state index contributed by atoms with van der Waals surface area (Å²) in [6, 6.07) is 4.79. The molecule has 0 saturated heterocycles. The number of aromatic nitrogens is 3. The summed E-state index contributed by atoms with van der Waals surface area (Å²) in [5, 5.41) is 12.9. The Bertz CT molecular complexity index is 1370. The van der Waals surface area contributed by atoms with Gasteiger partial charge in [0, 0.05) is 50.5 Å². The minimum Gasteiger partial charge on any atom is -0.368 e. The van der Waals surface area contributed by atoms with Crippen LogP contribution in [0.2, 0.25) is 5.02 Å². The zero-order valence-electron chi connectivity index (χ0n) is 20.0. The van der Waals surface area contributed by atoms with Crippen LogP contribution in [0.5, 0.6) is 0 Å². The standard InChI is InChI=1S/C24H27ClFN7O2/c1-30(2)10-11-31(3)19-8-9-24(27,12-20(19)33(34)35)23-28-13-17(25)21(29-23)16-14-32(4)22-15(16)6-5-7-18(22)26/h5-9,13-14H,10-12,27H2,1-4H3. The van der Waals surface area contributed by atoms with E-state index in [0.29, 0.717) is 34.4 Å². The molecule has 184 valence electrons. The van der Waals surface area contributed by atoms with Gasteiger partial charge in [-0.2, -0.15) is 0 Å². The first-order valence-corrected chi connectivity index (χ1v) is 11.4. The number of rotatable bonds is 7. The Balaban J connectivity index is 1.75. The summed E-state index contributed by atoms with van der Waals surface area (Å²) < 4.78 is 16.1. The van der Waals surface area contributed by atoms with E-state index in [4.69, 9.17) is 17.3 Å². The lowest BCUT2D eigenvalue weighted by atomic mass is 9.87. The van der Waals surface area contributed by atoms with Gasteiger partial charge in [0.25, 0.3) is 5.70 Å². The number of allylic oxidation sites excluding steroid dienone is 1. The van der Waals surface area contributed by atoms with Crippen molar-refractivity contribution >= 4 is 22.5 Å². The van der Waals surface area contributed by atoms with Crippen molar-refractivity contribution < 1.29 is 9.31 Å². The van der Waals surface area contributed by atoms with Crippen molar-refractivity contribution in [2.45, 2.75) is 12.0 Å². The van der Waals surface area contributed by atoms with Gasteiger partial charge in [0.05, 0.1) is 27.6 Å². The second kappa shape index (κ2) is 9.37. The lowest BCUT2D eigenvalue weighted by Gasteiger charge is -2.30. The fourth-order valence-corrected chi connectivity index (χ4v) is 4.46. The summed E-state index contributed by atoms with van der Waals surface area (Å²) in [6.07, 6.45) is 6.42. The zero-order valence-corrected chi connectivity index (χ0v) is 20.8. The van der Waals surface area contributed by atoms with Gasteiger partial charge >= 0.3 is 0 Å². The summed E-state index contributed by atoms with van der Waals surface area (Å²) >= 11 is 6.45. The third-order valence-electron chi connectivity index (χ3n) is 6.18. The Kier molecular flexibility index (Phi) is 6.63. The van der Waals surface area contributed by atoms with E-state index >= 15 is 0 Å². The molecule has 2 aromatic heterocycles. The molecule has 1 aliphatic rings. The molecule has 35 heavy (non-hydrogen) atoms. The molecule has 0 saturated carbocycles. The number of nitrogens with two attached hydrogens (primary N) is 1. The van der Waals surface area contributed by atoms with E-state index in [9.17, 15) is 14.5 Å². The average molecular weight is 500 g/mol. The van der Waals surface area contributed by atoms with E-state index in [2.05, 4.69) is 9.97 Å². The molecular weight excluding hydrogens is 473 g/mol. The molecule has 3 aromatic rings. The van der Waals surface area contributed by atoms with Gasteiger partial charge in [-0.3, -0.25) is 10.1 Å². The Morgan fingerprint density at radius 3 is 2.74 bits per heavy atom. The first-order valence-electron chi connectivity index (χ1n) is 11.0. The van der Waals surface area contributed by atoms with Crippen LogP contribution in [0, 0.1) is 15.9 Å². The summed E-state index contributed by atoms with van der Waals surface area (Å²) in [7, 11) is 7.44. The molecule has 1 unspecified atom stereocenters. The van der Waals surface area contributed by atoms with Crippen molar-refractivity contribution in [1.29, 1.82) is 0 Å². The fraction of sp³-hybridized carbons (Fsp3) is 0.333. The van der Waals surface area contributed by atoms with Crippen LogP contribution in [0.1, 0.15) is 12.2 Å². The van der Waals surface area contributed by atoms with Gasteiger partial charge in [0.1, 0.15) is 17.1 Å². The number of hydrogen-bond acceptors (Lipinski definition) is 7. The maximum absolute atomic E-state index is 14.4. The highest BCUT2D eigenvalue weighted by Gasteiger charge is 2.39.